The van der Waals surface area contributed by atoms with E-state index in [-0.39, 0.29) is 0 Å². The Labute approximate surface area is 108 Å². The highest BCUT2D eigenvalue weighted by Gasteiger charge is 2.24. The number of aliphatic hydroxyl groups is 1. The molecule has 6 heteroatoms. The van der Waals surface area contributed by atoms with Crippen molar-refractivity contribution in [1.82, 2.24) is 10.2 Å². The van der Waals surface area contributed by atoms with Crippen LogP contribution in [0.1, 0.15) is 25.7 Å². The molecule has 1 aromatic rings. The molecule has 0 radical (unpaired) electrons. The van der Waals surface area contributed by atoms with Crippen molar-refractivity contribution < 1.29 is 5.11 Å². The van der Waals surface area contributed by atoms with Crippen LogP contribution in [0, 0.1) is 11.8 Å². The van der Waals surface area contributed by atoms with Gasteiger partial charge in [-0.05, 0) is 40.6 Å². The van der Waals surface area contributed by atoms with Crippen LogP contribution in [-0.4, -0.2) is 28.5 Å². The van der Waals surface area contributed by atoms with Crippen LogP contribution in [0.5, 0.6) is 0 Å². The van der Waals surface area contributed by atoms with Gasteiger partial charge in [-0.3, -0.25) is 0 Å². The fourth-order valence-corrected chi connectivity index (χ4v) is 3.31. The van der Waals surface area contributed by atoms with Crippen LogP contribution in [0.2, 0.25) is 0 Å². The third-order valence-corrected chi connectivity index (χ3v) is 4.53. The predicted molar refractivity (Wildman–Crippen MR) is 68.6 cm³/mol. The summed E-state index contributed by atoms with van der Waals surface area (Å²) in [5, 5.41) is 21.4. The van der Waals surface area contributed by atoms with E-state index in [9.17, 15) is 5.11 Å². The number of aromatic nitrogens is 2. The molecule has 0 aromatic carbocycles. The highest BCUT2D eigenvalue weighted by atomic mass is 79.9. The number of hydrogen-bond acceptors (Lipinski definition) is 5. The molecule has 0 amide bonds. The average molecular weight is 306 g/mol. The predicted octanol–water partition coefficient (Wildman–Crippen LogP) is 2.51. The Kier molecular flexibility index (Phi) is 4.55. The number of hydrogen-bond donors (Lipinski definition) is 2. The number of aliphatic hydroxyl groups excluding tert-OH is 1. The van der Waals surface area contributed by atoms with Crippen molar-refractivity contribution in [3.05, 3.63) is 3.92 Å². The molecule has 1 fully saturated rings. The molecule has 4 nitrogen and oxygen atoms in total. The Bertz CT molecular complexity index is 334. The number of rotatable bonds is 4. The third kappa shape index (κ3) is 3.15. The Morgan fingerprint density at radius 3 is 2.69 bits per heavy atom. The number of anilines is 1. The summed E-state index contributed by atoms with van der Waals surface area (Å²) in [5.74, 6) is 1.03. The molecule has 2 N–H and O–H groups in total. The molecule has 90 valence electrons. The van der Waals surface area contributed by atoms with Gasteiger partial charge in [-0.1, -0.05) is 24.2 Å². The van der Waals surface area contributed by atoms with Crippen molar-refractivity contribution in [2.45, 2.75) is 25.7 Å². The summed E-state index contributed by atoms with van der Waals surface area (Å²) in [4.78, 5) is 0. The van der Waals surface area contributed by atoms with Crippen LogP contribution in [-0.2, 0) is 0 Å². The Morgan fingerprint density at radius 1 is 1.31 bits per heavy atom. The lowest BCUT2D eigenvalue weighted by atomic mass is 9.80. The Balaban J connectivity index is 1.84. The zero-order chi connectivity index (χ0) is 11.4. The maximum absolute atomic E-state index is 9.30. The van der Waals surface area contributed by atoms with Crippen molar-refractivity contribution in [2.75, 3.05) is 18.5 Å². The van der Waals surface area contributed by atoms with E-state index in [0.717, 1.165) is 22.0 Å². The van der Waals surface area contributed by atoms with Crippen LogP contribution in [0.4, 0.5) is 5.13 Å². The van der Waals surface area contributed by atoms with Crippen molar-refractivity contribution in [3.63, 3.8) is 0 Å². The van der Waals surface area contributed by atoms with Crippen molar-refractivity contribution >= 4 is 32.4 Å². The third-order valence-electron chi connectivity index (χ3n) is 3.22. The minimum Gasteiger partial charge on any atom is -0.396 e. The van der Waals surface area contributed by atoms with Crippen LogP contribution in [0.15, 0.2) is 3.92 Å². The largest absolute Gasteiger partial charge is 0.396 e. The van der Waals surface area contributed by atoms with Gasteiger partial charge < -0.3 is 10.4 Å². The summed E-state index contributed by atoms with van der Waals surface area (Å²) in [6.45, 7) is 1.21. The van der Waals surface area contributed by atoms with Gasteiger partial charge in [0.1, 0.15) is 0 Å². The highest BCUT2D eigenvalue weighted by molar-refractivity contribution is 9.11. The highest BCUT2D eigenvalue weighted by Crippen LogP contribution is 2.30. The summed E-state index contributed by atoms with van der Waals surface area (Å²) in [6, 6.07) is 0. The van der Waals surface area contributed by atoms with E-state index < -0.39 is 0 Å². The quantitative estimate of drug-likeness (QED) is 0.897. The molecule has 1 aliphatic rings. The lowest BCUT2D eigenvalue weighted by molar-refractivity contribution is 0.141. The van der Waals surface area contributed by atoms with Crippen LogP contribution >= 0.6 is 27.3 Å². The first-order valence-electron chi connectivity index (χ1n) is 5.63. The zero-order valence-corrected chi connectivity index (χ0v) is 11.4. The van der Waals surface area contributed by atoms with E-state index >= 15 is 0 Å². The standard InChI is InChI=1S/C10H16BrN3OS/c11-9-13-14-10(16-9)12-5-7-3-1-2-4-8(7)6-15/h7-8,15H,1-6H2,(H,12,14). The molecular formula is C10H16BrN3OS. The molecule has 0 spiro atoms. The average Bonchev–Trinajstić information content (AvgIpc) is 2.73. The molecule has 16 heavy (non-hydrogen) atoms. The van der Waals surface area contributed by atoms with Gasteiger partial charge in [0.05, 0.1) is 0 Å². The van der Waals surface area contributed by atoms with Gasteiger partial charge in [-0.2, -0.15) is 0 Å². The van der Waals surface area contributed by atoms with Crippen molar-refractivity contribution in [1.29, 1.82) is 0 Å². The van der Waals surface area contributed by atoms with Gasteiger partial charge in [0.2, 0.25) is 5.13 Å². The first-order chi connectivity index (χ1) is 7.79. The number of nitrogens with one attached hydrogen (secondary N) is 1. The molecule has 1 saturated carbocycles. The number of halogens is 1. The minimum atomic E-state index is 0.312. The van der Waals surface area contributed by atoms with E-state index in [1.54, 1.807) is 0 Å². The van der Waals surface area contributed by atoms with Crippen LogP contribution in [0.25, 0.3) is 0 Å². The van der Waals surface area contributed by atoms with E-state index in [0.29, 0.717) is 18.4 Å². The lowest BCUT2D eigenvalue weighted by Gasteiger charge is -2.30. The maximum atomic E-state index is 9.30. The lowest BCUT2D eigenvalue weighted by Crippen LogP contribution is -2.28. The summed E-state index contributed by atoms with van der Waals surface area (Å²) in [7, 11) is 0. The van der Waals surface area contributed by atoms with Crippen LogP contribution < -0.4 is 5.32 Å². The fraction of sp³-hybridized carbons (Fsp3) is 0.800. The molecular weight excluding hydrogens is 290 g/mol. The summed E-state index contributed by atoms with van der Waals surface area (Å²) in [6.07, 6.45) is 4.90. The van der Waals surface area contributed by atoms with Gasteiger partial charge in [0, 0.05) is 13.2 Å². The zero-order valence-electron chi connectivity index (χ0n) is 9.03. The molecule has 1 aliphatic carbocycles. The van der Waals surface area contributed by atoms with Crippen molar-refractivity contribution in [2.24, 2.45) is 11.8 Å². The molecule has 2 rings (SSSR count). The van der Waals surface area contributed by atoms with Crippen LogP contribution in [0.3, 0.4) is 0 Å². The first kappa shape index (κ1) is 12.3. The second-order valence-corrected chi connectivity index (χ2v) is 6.48. The molecule has 0 saturated heterocycles. The summed E-state index contributed by atoms with van der Waals surface area (Å²) >= 11 is 4.79. The molecule has 0 aliphatic heterocycles. The second kappa shape index (κ2) is 5.93. The monoisotopic (exact) mass is 305 g/mol. The maximum Gasteiger partial charge on any atom is 0.206 e. The van der Waals surface area contributed by atoms with Gasteiger partial charge in [0.25, 0.3) is 0 Å². The minimum absolute atomic E-state index is 0.312. The molecule has 0 bridgehead atoms. The van der Waals surface area contributed by atoms with E-state index in [1.165, 1.54) is 30.6 Å². The normalized spacial score (nSPS) is 25.6. The number of nitrogens with zero attached hydrogens (tertiary/aromatic N) is 2. The van der Waals surface area contributed by atoms with Gasteiger partial charge >= 0.3 is 0 Å². The SMILES string of the molecule is OCC1CCCCC1CNc1nnc(Br)s1. The topological polar surface area (TPSA) is 58.0 Å². The molecule has 2 unspecified atom stereocenters. The van der Waals surface area contributed by atoms with Gasteiger partial charge in [0.15, 0.2) is 3.92 Å². The van der Waals surface area contributed by atoms with Gasteiger partial charge in [-0.15, -0.1) is 10.2 Å². The Morgan fingerprint density at radius 2 is 2.06 bits per heavy atom. The van der Waals surface area contributed by atoms with Crippen molar-refractivity contribution in [3.8, 4) is 0 Å². The summed E-state index contributed by atoms with van der Waals surface area (Å²) in [5.41, 5.74) is 0. The van der Waals surface area contributed by atoms with E-state index in [4.69, 9.17) is 0 Å². The van der Waals surface area contributed by atoms with E-state index in [2.05, 4.69) is 31.4 Å². The smallest absolute Gasteiger partial charge is 0.206 e. The fourth-order valence-electron chi connectivity index (χ4n) is 2.29. The summed E-state index contributed by atoms with van der Waals surface area (Å²) < 4.78 is 0.803. The Hall–Kier alpha value is -0.200. The van der Waals surface area contributed by atoms with E-state index in [1.807, 2.05) is 0 Å². The molecule has 1 heterocycles. The van der Waals surface area contributed by atoms with Gasteiger partial charge in [-0.25, -0.2) is 0 Å². The molecule has 1 aromatic heterocycles. The first-order valence-corrected chi connectivity index (χ1v) is 7.24. The molecule has 2 atom stereocenters. The second-order valence-electron chi connectivity index (χ2n) is 4.23.